The van der Waals surface area contributed by atoms with E-state index in [0.717, 1.165) is 10.2 Å². The molecule has 5 nitrogen and oxygen atoms in total. The molecule has 0 atom stereocenters. The van der Waals surface area contributed by atoms with E-state index in [9.17, 15) is 8.42 Å². The van der Waals surface area contributed by atoms with Crippen molar-refractivity contribution >= 4 is 31.5 Å². The largest absolute Gasteiger partial charge is 0.493 e. The van der Waals surface area contributed by atoms with Gasteiger partial charge in [0.2, 0.25) is 0 Å². The highest BCUT2D eigenvalue weighted by molar-refractivity contribution is 9.10. The van der Waals surface area contributed by atoms with Gasteiger partial charge in [-0.3, -0.25) is 0 Å². The number of hydrogen-bond acceptors (Lipinski definition) is 5. The Kier molecular flexibility index (Phi) is 6.12. The molecule has 0 aromatic heterocycles. The second-order valence-corrected chi connectivity index (χ2v) is 8.26. The summed E-state index contributed by atoms with van der Waals surface area (Å²) in [6.45, 7) is 0.369. The molecule has 2 rings (SSSR count). The first-order valence-electron chi connectivity index (χ1n) is 7.29. The van der Waals surface area contributed by atoms with Crippen LogP contribution >= 0.6 is 15.9 Å². The molecule has 0 bridgehead atoms. The molecule has 0 aliphatic rings. The first-order valence-corrected chi connectivity index (χ1v) is 9.73. The number of benzene rings is 2. The first-order chi connectivity index (χ1) is 11.4. The lowest BCUT2D eigenvalue weighted by molar-refractivity contribution is 0.355. The third-order valence-electron chi connectivity index (χ3n) is 3.68. The predicted octanol–water partition coefficient (Wildman–Crippen LogP) is 3.38. The maximum Gasteiger partial charge on any atom is 0.180 e. The molecule has 0 saturated carbocycles. The highest BCUT2D eigenvalue weighted by Crippen LogP contribution is 2.31. The van der Waals surface area contributed by atoms with E-state index in [2.05, 4.69) is 15.9 Å². The summed E-state index contributed by atoms with van der Waals surface area (Å²) in [5.74, 6) is 1.27. The average molecular weight is 414 g/mol. The highest BCUT2D eigenvalue weighted by Gasteiger charge is 2.16. The van der Waals surface area contributed by atoms with Crippen molar-refractivity contribution in [3.05, 3.63) is 46.9 Å². The van der Waals surface area contributed by atoms with Gasteiger partial charge in [0, 0.05) is 29.8 Å². The monoisotopic (exact) mass is 413 g/mol. The van der Waals surface area contributed by atoms with Gasteiger partial charge in [0.15, 0.2) is 21.3 Å². The number of methoxy groups -OCH3 is 2. The van der Waals surface area contributed by atoms with E-state index in [1.165, 1.54) is 0 Å². The number of nitrogens with zero attached hydrogens (tertiary/aromatic N) is 1. The summed E-state index contributed by atoms with van der Waals surface area (Å²) in [4.78, 5) is 2.20. The molecule has 0 fully saturated rings. The van der Waals surface area contributed by atoms with Crippen LogP contribution in [0.4, 0.5) is 5.69 Å². The van der Waals surface area contributed by atoms with E-state index in [1.807, 2.05) is 24.1 Å². The predicted molar refractivity (Wildman–Crippen MR) is 99.0 cm³/mol. The Bertz CT molecular complexity index is 791. The minimum absolute atomic E-state index is 0.0273. The first kappa shape index (κ1) is 18.6. The zero-order valence-electron chi connectivity index (χ0n) is 13.8. The van der Waals surface area contributed by atoms with E-state index >= 15 is 0 Å². The van der Waals surface area contributed by atoms with E-state index in [0.29, 0.717) is 22.9 Å². The molecule has 0 N–H and O–H groups in total. The third-order valence-corrected chi connectivity index (χ3v) is 5.92. The Morgan fingerprint density at radius 3 is 2.21 bits per heavy atom. The lowest BCUT2D eigenvalue weighted by Gasteiger charge is -2.20. The minimum atomic E-state index is -3.33. The van der Waals surface area contributed by atoms with Gasteiger partial charge in [0.1, 0.15) is 0 Å². The van der Waals surface area contributed by atoms with Crippen molar-refractivity contribution in [1.82, 2.24) is 0 Å². The van der Waals surface area contributed by atoms with Crippen molar-refractivity contribution in [2.24, 2.45) is 0 Å². The maximum absolute atomic E-state index is 12.4. The fraction of sp³-hybridized carbons (Fsp3) is 0.294. The summed E-state index contributed by atoms with van der Waals surface area (Å²) < 4.78 is 36.2. The van der Waals surface area contributed by atoms with Gasteiger partial charge < -0.3 is 14.4 Å². The van der Waals surface area contributed by atoms with E-state index in [4.69, 9.17) is 9.47 Å². The number of hydrogen-bond donors (Lipinski definition) is 0. The molecule has 130 valence electrons. The van der Waals surface area contributed by atoms with E-state index in [-0.39, 0.29) is 5.75 Å². The molecule has 2 aromatic carbocycles. The Hall–Kier alpha value is -1.73. The fourth-order valence-corrected chi connectivity index (χ4v) is 3.77. The van der Waals surface area contributed by atoms with Crippen LogP contribution in [0.1, 0.15) is 0 Å². The van der Waals surface area contributed by atoms with Gasteiger partial charge in [-0.1, -0.05) is 15.9 Å². The molecule has 0 radical (unpaired) electrons. The van der Waals surface area contributed by atoms with Gasteiger partial charge in [-0.2, -0.15) is 0 Å². The van der Waals surface area contributed by atoms with Gasteiger partial charge in [-0.15, -0.1) is 0 Å². The topological polar surface area (TPSA) is 55.8 Å². The van der Waals surface area contributed by atoms with Crippen molar-refractivity contribution in [1.29, 1.82) is 0 Å². The van der Waals surface area contributed by atoms with Crippen molar-refractivity contribution in [2.75, 3.05) is 38.5 Å². The Labute approximate surface area is 151 Å². The van der Waals surface area contributed by atoms with E-state index in [1.54, 1.807) is 44.6 Å². The minimum Gasteiger partial charge on any atom is -0.493 e. The summed E-state index contributed by atoms with van der Waals surface area (Å²) in [5, 5.41) is 0. The molecule has 2 aromatic rings. The summed E-state index contributed by atoms with van der Waals surface area (Å²) >= 11 is 3.31. The van der Waals surface area contributed by atoms with Crippen molar-refractivity contribution in [2.45, 2.75) is 4.90 Å². The lowest BCUT2D eigenvalue weighted by Crippen LogP contribution is -2.25. The molecule has 0 saturated heterocycles. The van der Waals surface area contributed by atoms with Gasteiger partial charge in [0.25, 0.3) is 0 Å². The summed E-state index contributed by atoms with van der Waals surface area (Å²) in [6.07, 6.45) is 0. The molecule has 0 amide bonds. The SMILES string of the molecule is COc1ccc(N(C)CCS(=O)(=O)c2ccc(Br)cc2)cc1OC. The summed E-state index contributed by atoms with van der Waals surface area (Å²) in [6, 6.07) is 12.2. The Morgan fingerprint density at radius 1 is 1.00 bits per heavy atom. The number of halogens is 1. The van der Waals surface area contributed by atoms with Gasteiger partial charge in [-0.05, 0) is 36.4 Å². The number of ether oxygens (including phenoxy) is 2. The molecule has 24 heavy (non-hydrogen) atoms. The van der Waals surface area contributed by atoms with Crippen LogP contribution in [-0.4, -0.2) is 42.0 Å². The standard InChI is InChI=1S/C17H20BrNO4S/c1-19(14-6-9-16(22-2)17(12-14)23-3)10-11-24(20,21)15-7-4-13(18)5-8-15/h4-9,12H,10-11H2,1-3H3. The van der Waals surface area contributed by atoms with Crippen LogP contribution in [0.25, 0.3) is 0 Å². The average Bonchev–Trinajstić information content (AvgIpc) is 2.59. The highest BCUT2D eigenvalue weighted by atomic mass is 79.9. The number of anilines is 1. The van der Waals surface area contributed by atoms with Crippen LogP contribution in [0, 0.1) is 0 Å². The molecule has 0 aliphatic carbocycles. The van der Waals surface area contributed by atoms with E-state index < -0.39 is 9.84 Å². The van der Waals surface area contributed by atoms with Crippen LogP contribution in [0.5, 0.6) is 11.5 Å². The zero-order valence-corrected chi connectivity index (χ0v) is 16.2. The molecule has 0 spiro atoms. The molecule has 0 heterocycles. The lowest BCUT2D eigenvalue weighted by atomic mass is 10.2. The van der Waals surface area contributed by atoms with Crippen LogP contribution in [0.2, 0.25) is 0 Å². The smallest absolute Gasteiger partial charge is 0.180 e. The van der Waals surface area contributed by atoms with Crippen LogP contribution in [0.15, 0.2) is 51.8 Å². The normalized spacial score (nSPS) is 11.2. The number of rotatable bonds is 7. The van der Waals surface area contributed by atoms with Gasteiger partial charge in [-0.25, -0.2) is 8.42 Å². The van der Waals surface area contributed by atoms with Crippen LogP contribution < -0.4 is 14.4 Å². The van der Waals surface area contributed by atoms with Gasteiger partial charge >= 0.3 is 0 Å². The maximum atomic E-state index is 12.4. The molecule has 0 aliphatic heterocycles. The Morgan fingerprint density at radius 2 is 1.62 bits per heavy atom. The van der Waals surface area contributed by atoms with Crippen molar-refractivity contribution < 1.29 is 17.9 Å². The third kappa shape index (κ3) is 4.42. The molecule has 0 unspecified atom stereocenters. The number of sulfone groups is 1. The molecular weight excluding hydrogens is 394 g/mol. The Balaban J connectivity index is 2.09. The second kappa shape index (κ2) is 7.90. The van der Waals surface area contributed by atoms with Crippen molar-refractivity contribution in [3.63, 3.8) is 0 Å². The van der Waals surface area contributed by atoms with Gasteiger partial charge in [0.05, 0.1) is 24.9 Å². The van der Waals surface area contributed by atoms with Crippen LogP contribution in [0.3, 0.4) is 0 Å². The van der Waals surface area contributed by atoms with Crippen molar-refractivity contribution in [3.8, 4) is 11.5 Å². The zero-order chi connectivity index (χ0) is 17.7. The second-order valence-electron chi connectivity index (χ2n) is 5.23. The fourth-order valence-electron chi connectivity index (χ4n) is 2.21. The molecule has 7 heteroatoms. The quantitative estimate of drug-likeness (QED) is 0.696. The summed E-state index contributed by atoms with van der Waals surface area (Å²) in [5.41, 5.74) is 0.860. The molecular formula is C17H20BrNO4S. The van der Waals surface area contributed by atoms with Crippen LogP contribution in [-0.2, 0) is 9.84 Å². The summed E-state index contributed by atoms with van der Waals surface area (Å²) in [7, 11) is 1.66.